The van der Waals surface area contributed by atoms with Gasteiger partial charge in [-0.1, -0.05) is 37.3 Å². The van der Waals surface area contributed by atoms with Gasteiger partial charge in [-0.05, 0) is 31.5 Å². The number of hydrogen-bond donors (Lipinski definition) is 2. The van der Waals surface area contributed by atoms with Crippen LogP contribution in [-0.4, -0.2) is 35.0 Å². The highest BCUT2D eigenvalue weighted by molar-refractivity contribution is 5.93. The van der Waals surface area contributed by atoms with Crippen molar-refractivity contribution in [2.24, 2.45) is 5.92 Å². The Kier molecular flexibility index (Phi) is 6.68. The van der Waals surface area contributed by atoms with Crippen LogP contribution in [0, 0.1) is 5.92 Å². The molecular weight excluding hydrogens is 324 g/mol. The highest BCUT2D eigenvalue weighted by Gasteiger charge is 2.47. The molecule has 1 aromatic carbocycles. The average Bonchev–Trinajstić information content (AvgIpc) is 2.54. The number of ether oxygens (including phenoxy) is 1. The molecule has 2 rings (SSSR count). The van der Waals surface area contributed by atoms with Crippen molar-refractivity contribution in [2.45, 2.75) is 26.2 Å². The Bertz CT molecular complexity index is 710. The molecule has 0 saturated heterocycles. The van der Waals surface area contributed by atoms with Crippen LogP contribution in [0.3, 0.4) is 0 Å². The second kappa shape index (κ2) is 8.28. The first-order valence-corrected chi connectivity index (χ1v) is 7.64. The Labute approximate surface area is 146 Å². The first-order valence-electron chi connectivity index (χ1n) is 7.64. The maximum atomic E-state index is 11.9. The second-order valence-electron chi connectivity index (χ2n) is 5.82. The van der Waals surface area contributed by atoms with E-state index in [0.29, 0.717) is 11.3 Å². The molecule has 0 saturated carbocycles. The summed E-state index contributed by atoms with van der Waals surface area (Å²) in [6.45, 7) is 4.67. The lowest BCUT2D eigenvalue weighted by molar-refractivity contribution is -0.143. The second-order valence-corrected chi connectivity index (χ2v) is 5.82. The topological polar surface area (TPSA) is 101 Å². The van der Waals surface area contributed by atoms with Crippen LogP contribution in [0.5, 0.6) is 5.75 Å². The largest absolute Gasteiger partial charge is 0.497 e. The molecule has 6 heteroatoms. The Balaban J connectivity index is 0.000000705. The molecule has 1 aliphatic rings. The summed E-state index contributed by atoms with van der Waals surface area (Å²) in [5.74, 6) is -2.10. The third-order valence-corrected chi connectivity index (χ3v) is 3.95. The molecule has 2 unspecified atom stereocenters. The monoisotopic (exact) mass is 346 g/mol. The summed E-state index contributed by atoms with van der Waals surface area (Å²) in [4.78, 5) is 32.6. The highest BCUT2D eigenvalue weighted by Crippen LogP contribution is 2.41. The lowest BCUT2D eigenvalue weighted by atomic mass is 9.66. The fraction of sp³-hybridized carbons (Fsp3) is 0.316. The summed E-state index contributed by atoms with van der Waals surface area (Å²) in [5, 5.41) is 19.0. The van der Waals surface area contributed by atoms with Crippen LogP contribution in [0.2, 0.25) is 0 Å². The lowest BCUT2D eigenvalue weighted by Gasteiger charge is -2.35. The number of carboxylic acids is 2. The fourth-order valence-corrected chi connectivity index (χ4v) is 2.69. The number of Topliss-reactive ketones (excluding diaryl/α,β-unsaturated/α-hetero) is 1. The minimum atomic E-state index is -1.39. The normalized spacial score (nSPS) is 21.4. The van der Waals surface area contributed by atoms with Crippen molar-refractivity contribution in [1.82, 2.24) is 0 Å². The van der Waals surface area contributed by atoms with Crippen molar-refractivity contribution in [3.8, 4) is 5.75 Å². The number of ketones is 1. The molecule has 25 heavy (non-hydrogen) atoms. The third-order valence-electron chi connectivity index (χ3n) is 3.95. The third kappa shape index (κ3) is 4.35. The van der Waals surface area contributed by atoms with E-state index in [2.05, 4.69) is 0 Å². The number of carbonyl (C=O) groups is 3. The standard InChI is InChI=1S/C16H16O5.C3H6O/c1-10-13(14(17)18)4-3-9-16(10,15(19)20)11-5-7-12(21-2)8-6-11;1-3(2)4/h3-10H,1-2H3,(H,17,18)(H,19,20);1-2H3. The van der Waals surface area contributed by atoms with Gasteiger partial charge in [0.2, 0.25) is 0 Å². The van der Waals surface area contributed by atoms with Gasteiger partial charge in [0.05, 0.1) is 7.11 Å². The Hall–Kier alpha value is -2.89. The summed E-state index contributed by atoms with van der Waals surface area (Å²) in [7, 11) is 1.52. The number of rotatable bonds is 4. The number of benzene rings is 1. The molecule has 0 aliphatic heterocycles. The Morgan fingerprint density at radius 1 is 1.08 bits per heavy atom. The maximum Gasteiger partial charge on any atom is 0.331 e. The quantitative estimate of drug-likeness (QED) is 0.869. The van der Waals surface area contributed by atoms with E-state index in [4.69, 9.17) is 4.74 Å². The van der Waals surface area contributed by atoms with Gasteiger partial charge in [-0.15, -0.1) is 0 Å². The van der Waals surface area contributed by atoms with E-state index in [0.717, 1.165) is 0 Å². The van der Waals surface area contributed by atoms with Crippen molar-refractivity contribution in [3.63, 3.8) is 0 Å². The van der Waals surface area contributed by atoms with E-state index in [1.54, 1.807) is 31.2 Å². The molecule has 1 aromatic rings. The zero-order valence-electron chi connectivity index (χ0n) is 14.6. The van der Waals surface area contributed by atoms with Gasteiger partial charge in [0.15, 0.2) is 0 Å². The van der Waals surface area contributed by atoms with Gasteiger partial charge in [0.25, 0.3) is 0 Å². The molecule has 0 amide bonds. The van der Waals surface area contributed by atoms with Crippen molar-refractivity contribution in [1.29, 1.82) is 0 Å². The molecule has 2 atom stereocenters. The van der Waals surface area contributed by atoms with Crippen LogP contribution < -0.4 is 4.74 Å². The van der Waals surface area contributed by atoms with Crippen molar-refractivity contribution < 1.29 is 29.3 Å². The number of carboxylic acid groups (broad SMARTS) is 2. The molecule has 0 heterocycles. The van der Waals surface area contributed by atoms with E-state index in [9.17, 15) is 24.6 Å². The average molecular weight is 346 g/mol. The van der Waals surface area contributed by atoms with Gasteiger partial charge in [-0.2, -0.15) is 0 Å². The van der Waals surface area contributed by atoms with Gasteiger partial charge in [0, 0.05) is 11.5 Å². The molecule has 6 nitrogen and oxygen atoms in total. The molecule has 1 aliphatic carbocycles. The molecule has 0 radical (unpaired) electrons. The van der Waals surface area contributed by atoms with Crippen molar-refractivity contribution in [2.75, 3.05) is 7.11 Å². The molecule has 2 N–H and O–H groups in total. The smallest absolute Gasteiger partial charge is 0.331 e. The molecular formula is C19H22O6. The minimum Gasteiger partial charge on any atom is -0.497 e. The zero-order chi connectivity index (χ0) is 19.2. The fourth-order valence-electron chi connectivity index (χ4n) is 2.69. The predicted octanol–water partition coefficient (Wildman–Crippen LogP) is 2.83. The van der Waals surface area contributed by atoms with Gasteiger partial charge in [-0.3, -0.25) is 4.79 Å². The van der Waals surface area contributed by atoms with Gasteiger partial charge < -0.3 is 19.7 Å². The number of carbonyl (C=O) groups excluding carboxylic acids is 1. The van der Waals surface area contributed by atoms with Crippen molar-refractivity contribution in [3.05, 3.63) is 53.6 Å². The molecule has 0 bridgehead atoms. The number of hydrogen-bond acceptors (Lipinski definition) is 4. The summed E-state index contributed by atoms with van der Waals surface area (Å²) < 4.78 is 5.07. The van der Waals surface area contributed by atoms with E-state index >= 15 is 0 Å². The molecule has 134 valence electrons. The summed E-state index contributed by atoms with van der Waals surface area (Å²) in [6, 6.07) is 6.63. The molecule has 0 fully saturated rings. The SMILES string of the molecule is CC(C)=O.COc1ccc(C2(C(=O)O)C=CC=C(C(=O)O)C2C)cc1. The van der Waals surface area contributed by atoms with E-state index in [-0.39, 0.29) is 11.4 Å². The van der Waals surface area contributed by atoms with Crippen LogP contribution in [-0.2, 0) is 19.8 Å². The molecule has 0 spiro atoms. The Morgan fingerprint density at radius 3 is 2.00 bits per heavy atom. The summed E-state index contributed by atoms with van der Waals surface area (Å²) in [5.41, 5.74) is -0.795. The van der Waals surface area contributed by atoms with Gasteiger partial charge in [-0.25, -0.2) is 4.79 Å². The molecule has 0 aromatic heterocycles. The zero-order valence-corrected chi connectivity index (χ0v) is 14.6. The van der Waals surface area contributed by atoms with E-state index in [1.165, 1.54) is 39.2 Å². The number of allylic oxidation sites excluding steroid dienone is 2. The van der Waals surface area contributed by atoms with E-state index < -0.39 is 23.3 Å². The number of methoxy groups -OCH3 is 1. The van der Waals surface area contributed by atoms with Crippen LogP contribution >= 0.6 is 0 Å². The lowest BCUT2D eigenvalue weighted by Crippen LogP contribution is -2.43. The van der Waals surface area contributed by atoms with Crippen LogP contribution in [0.1, 0.15) is 26.3 Å². The van der Waals surface area contributed by atoms with E-state index in [1.807, 2.05) is 0 Å². The number of aliphatic carboxylic acids is 2. The first kappa shape index (κ1) is 20.2. The maximum absolute atomic E-state index is 11.9. The van der Waals surface area contributed by atoms with Crippen molar-refractivity contribution >= 4 is 17.7 Å². The highest BCUT2D eigenvalue weighted by atomic mass is 16.5. The van der Waals surface area contributed by atoms with Crippen LogP contribution in [0.25, 0.3) is 0 Å². The summed E-state index contributed by atoms with van der Waals surface area (Å²) in [6.07, 6.45) is 4.47. The Morgan fingerprint density at radius 2 is 1.60 bits per heavy atom. The predicted molar refractivity (Wildman–Crippen MR) is 92.7 cm³/mol. The minimum absolute atomic E-state index is 0.0794. The van der Waals surface area contributed by atoms with Crippen LogP contribution in [0.4, 0.5) is 0 Å². The van der Waals surface area contributed by atoms with Gasteiger partial charge in [0.1, 0.15) is 16.9 Å². The first-order chi connectivity index (χ1) is 11.7. The summed E-state index contributed by atoms with van der Waals surface area (Å²) >= 11 is 0. The van der Waals surface area contributed by atoms with Gasteiger partial charge >= 0.3 is 11.9 Å². The van der Waals surface area contributed by atoms with Crippen LogP contribution in [0.15, 0.2) is 48.1 Å².